The van der Waals surface area contributed by atoms with E-state index in [0.717, 1.165) is 5.69 Å². The van der Waals surface area contributed by atoms with Gasteiger partial charge in [0.2, 0.25) is 5.91 Å². The first-order chi connectivity index (χ1) is 12.8. The number of carbonyl (C=O) groups excluding carboxylic acids is 2. The number of carbonyl (C=O) groups is 2. The third-order valence-electron chi connectivity index (χ3n) is 4.50. The minimum atomic E-state index is -3.36. The first-order valence-corrected chi connectivity index (χ1v) is 10.4. The average molecular weight is 394 g/mol. The highest BCUT2D eigenvalue weighted by atomic mass is 32.2. The van der Waals surface area contributed by atoms with Crippen molar-refractivity contribution in [3.05, 3.63) is 35.7 Å². The third-order valence-corrected chi connectivity index (χ3v) is 6.23. The van der Waals surface area contributed by atoms with Gasteiger partial charge < -0.3 is 15.6 Å². The maximum atomic E-state index is 12.4. The summed E-state index contributed by atoms with van der Waals surface area (Å²) in [5.41, 5.74) is 1.72. The van der Waals surface area contributed by atoms with Crippen molar-refractivity contribution in [1.82, 2.24) is 30.4 Å². The quantitative estimate of drug-likeness (QED) is 0.586. The fourth-order valence-corrected chi connectivity index (χ4v) is 4.87. The first kappa shape index (κ1) is 19.1. The Morgan fingerprint density at radius 1 is 1.30 bits per heavy atom. The van der Waals surface area contributed by atoms with E-state index in [1.54, 1.807) is 17.8 Å². The van der Waals surface area contributed by atoms with E-state index in [0.29, 0.717) is 17.8 Å². The van der Waals surface area contributed by atoms with Gasteiger partial charge in [-0.2, -0.15) is 5.10 Å². The van der Waals surface area contributed by atoms with Crippen LogP contribution in [0.5, 0.6) is 0 Å². The minimum Gasteiger partial charge on any atom is -0.350 e. The number of hydrogen-bond acceptors (Lipinski definition) is 6. The Morgan fingerprint density at radius 2 is 2.00 bits per heavy atom. The molecule has 1 aliphatic rings. The molecule has 1 fully saturated rings. The molecule has 146 valence electrons. The number of nitrogens with zero attached hydrogens (tertiary/aromatic N) is 3. The van der Waals surface area contributed by atoms with Gasteiger partial charge in [-0.25, -0.2) is 13.4 Å². The molecule has 1 saturated heterocycles. The lowest BCUT2D eigenvalue weighted by Crippen LogP contribution is -2.51. The van der Waals surface area contributed by atoms with Gasteiger partial charge in [-0.3, -0.25) is 14.3 Å². The van der Waals surface area contributed by atoms with Crippen molar-refractivity contribution >= 4 is 21.7 Å². The summed E-state index contributed by atoms with van der Waals surface area (Å²) >= 11 is 0. The van der Waals surface area contributed by atoms with Gasteiger partial charge in [-0.15, -0.1) is 0 Å². The minimum absolute atomic E-state index is 0.0375. The second-order valence-corrected chi connectivity index (χ2v) is 8.72. The van der Waals surface area contributed by atoms with Crippen LogP contribution in [0.2, 0.25) is 0 Å². The number of rotatable bonds is 6. The standard InChI is InChI=1S/C16H22N6O4S/c1-3-22-6-11(5-19-22)16(24)21-14-8-27(25,26)7-13(14)20-15(23)4-12-10(2)17-9-18-12/h5-6,9,13-14H,3-4,7-8H2,1-2H3,(H,17,18)(H,20,23)(H,21,24)/t13-,14-/m1/s1. The van der Waals surface area contributed by atoms with Crippen LogP contribution < -0.4 is 10.6 Å². The van der Waals surface area contributed by atoms with Crippen molar-refractivity contribution in [2.75, 3.05) is 11.5 Å². The number of aryl methyl sites for hydroxylation is 2. The molecule has 0 bridgehead atoms. The van der Waals surface area contributed by atoms with Crippen molar-refractivity contribution in [3.8, 4) is 0 Å². The van der Waals surface area contributed by atoms with Crippen LogP contribution in [0.15, 0.2) is 18.7 Å². The van der Waals surface area contributed by atoms with Gasteiger partial charge in [0.05, 0.1) is 53.8 Å². The van der Waals surface area contributed by atoms with E-state index in [9.17, 15) is 18.0 Å². The summed E-state index contributed by atoms with van der Waals surface area (Å²) in [4.78, 5) is 31.6. The maximum absolute atomic E-state index is 12.4. The smallest absolute Gasteiger partial charge is 0.254 e. The first-order valence-electron chi connectivity index (χ1n) is 8.59. The molecule has 2 amide bonds. The van der Waals surface area contributed by atoms with Gasteiger partial charge in [-0.05, 0) is 13.8 Å². The Kier molecular flexibility index (Phi) is 5.31. The highest BCUT2D eigenvalue weighted by Gasteiger charge is 2.39. The second-order valence-electron chi connectivity index (χ2n) is 6.57. The normalized spacial score (nSPS) is 21.1. The van der Waals surface area contributed by atoms with Crippen LogP contribution in [0, 0.1) is 6.92 Å². The summed E-state index contributed by atoms with van der Waals surface area (Å²) in [6, 6.07) is -1.39. The molecule has 0 unspecified atom stereocenters. The van der Waals surface area contributed by atoms with Gasteiger partial charge in [-0.1, -0.05) is 0 Å². The van der Waals surface area contributed by atoms with Crippen LogP contribution in [0.4, 0.5) is 0 Å². The molecule has 2 aromatic heterocycles. The lowest BCUT2D eigenvalue weighted by atomic mass is 10.1. The van der Waals surface area contributed by atoms with Crippen LogP contribution >= 0.6 is 0 Å². The van der Waals surface area contributed by atoms with E-state index in [1.165, 1.54) is 12.5 Å². The third kappa shape index (κ3) is 4.54. The van der Waals surface area contributed by atoms with Crippen LogP contribution in [0.3, 0.4) is 0 Å². The topological polar surface area (TPSA) is 139 Å². The number of amides is 2. The summed E-state index contributed by atoms with van der Waals surface area (Å²) in [5.74, 6) is -1.19. The molecule has 10 nitrogen and oxygen atoms in total. The Labute approximate surface area is 156 Å². The van der Waals surface area contributed by atoms with Crippen LogP contribution in [0.25, 0.3) is 0 Å². The zero-order valence-electron chi connectivity index (χ0n) is 15.1. The van der Waals surface area contributed by atoms with Gasteiger partial charge in [0.1, 0.15) is 0 Å². The van der Waals surface area contributed by atoms with Gasteiger partial charge >= 0.3 is 0 Å². The molecule has 0 radical (unpaired) electrons. The van der Waals surface area contributed by atoms with E-state index < -0.39 is 27.8 Å². The zero-order chi connectivity index (χ0) is 19.6. The van der Waals surface area contributed by atoms with Crippen LogP contribution in [-0.4, -0.2) is 63.6 Å². The average Bonchev–Trinajstić information content (AvgIpc) is 3.28. The Bertz CT molecular complexity index is 948. The Hall–Kier alpha value is -2.69. The van der Waals surface area contributed by atoms with E-state index in [1.807, 2.05) is 6.92 Å². The predicted octanol–water partition coefficient (Wildman–Crippen LogP) is -0.811. The number of hydrogen-bond donors (Lipinski definition) is 3. The van der Waals surface area contributed by atoms with Crippen LogP contribution in [0.1, 0.15) is 28.7 Å². The molecule has 1 aliphatic heterocycles. The zero-order valence-corrected chi connectivity index (χ0v) is 15.9. The molecule has 11 heteroatoms. The van der Waals surface area contributed by atoms with E-state index in [2.05, 4.69) is 25.7 Å². The van der Waals surface area contributed by atoms with Crippen molar-refractivity contribution < 1.29 is 18.0 Å². The van der Waals surface area contributed by atoms with Gasteiger partial charge in [0, 0.05) is 18.4 Å². The van der Waals surface area contributed by atoms with Gasteiger partial charge in [0.25, 0.3) is 5.91 Å². The lowest BCUT2D eigenvalue weighted by molar-refractivity contribution is -0.121. The van der Waals surface area contributed by atoms with Crippen molar-refractivity contribution in [1.29, 1.82) is 0 Å². The van der Waals surface area contributed by atoms with Gasteiger partial charge in [0.15, 0.2) is 9.84 Å². The lowest BCUT2D eigenvalue weighted by Gasteiger charge is -2.20. The van der Waals surface area contributed by atoms with E-state index in [-0.39, 0.29) is 23.8 Å². The summed E-state index contributed by atoms with van der Waals surface area (Å²) < 4.78 is 25.7. The van der Waals surface area contributed by atoms with Crippen molar-refractivity contribution in [2.45, 2.75) is 38.9 Å². The summed E-state index contributed by atoms with van der Waals surface area (Å²) in [6.45, 7) is 4.32. The Balaban J connectivity index is 1.66. The summed E-state index contributed by atoms with van der Waals surface area (Å²) in [6.07, 6.45) is 4.55. The molecule has 0 aromatic carbocycles. The SMILES string of the molecule is CCn1cc(C(=O)N[C@@H]2CS(=O)(=O)C[C@H]2NC(=O)Cc2nc[nH]c2C)cn1. The van der Waals surface area contributed by atoms with Crippen molar-refractivity contribution in [2.24, 2.45) is 0 Å². The number of aromatic amines is 1. The monoisotopic (exact) mass is 394 g/mol. The molecule has 0 saturated carbocycles. The summed E-state index contributed by atoms with van der Waals surface area (Å²) in [7, 11) is -3.36. The predicted molar refractivity (Wildman–Crippen MR) is 96.8 cm³/mol. The molecule has 2 atom stereocenters. The molecule has 2 aromatic rings. The van der Waals surface area contributed by atoms with Crippen LogP contribution in [-0.2, 0) is 27.6 Å². The maximum Gasteiger partial charge on any atom is 0.254 e. The second kappa shape index (κ2) is 7.51. The number of imidazole rings is 1. The fraction of sp³-hybridized carbons (Fsp3) is 0.500. The molecular weight excluding hydrogens is 372 g/mol. The molecular formula is C16H22N6O4S. The number of sulfone groups is 1. The number of aromatic nitrogens is 4. The Morgan fingerprint density at radius 3 is 2.59 bits per heavy atom. The highest BCUT2D eigenvalue weighted by molar-refractivity contribution is 7.91. The number of nitrogens with one attached hydrogen (secondary N) is 3. The molecule has 0 spiro atoms. The fourth-order valence-electron chi connectivity index (χ4n) is 3.01. The van der Waals surface area contributed by atoms with E-state index in [4.69, 9.17) is 0 Å². The molecule has 3 N–H and O–H groups in total. The van der Waals surface area contributed by atoms with E-state index >= 15 is 0 Å². The van der Waals surface area contributed by atoms with Crippen molar-refractivity contribution in [3.63, 3.8) is 0 Å². The molecule has 0 aliphatic carbocycles. The molecule has 3 rings (SSSR count). The highest BCUT2D eigenvalue weighted by Crippen LogP contribution is 2.14. The number of H-pyrrole nitrogens is 1. The molecule has 3 heterocycles. The largest absolute Gasteiger partial charge is 0.350 e. The molecule has 27 heavy (non-hydrogen) atoms. The summed E-state index contributed by atoms with van der Waals surface area (Å²) in [5, 5.41) is 9.46.